The summed E-state index contributed by atoms with van der Waals surface area (Å²) in [5.74, 6) is 0.141. The number of nitrogens with two attached hydrogens (primary N) is 1. The molecule has 0 aliphatic heterocycles. The Morgan fingerprint density at radius 2 is 1.86 bits per heavy atom. The molecule has 0 aliphatic carbocycles. The van der Waals surface area contributed by atoms with Crippen LogP contribution in [0.25, 0.3) is 0 Å². The summed E-state index contributed by atoms with van der Waals surface area (Å²) < 4.78 is 0. The molecule has 1 rings (SSSR count). The Morgan fingerprint density at radius 3 is 2.41 bits per heavy atom. The van der Waals surface area contributed by atoms with Gasteiger partial charge in [0.2, 0.25) is 0 Å². The summed E-state index contributed by atoms with van der Waals surface area (Å²) in [5, 5.41) is 12.3. The van der Waals surface area contributed by atoms with Gasteiger partial charge < -0.3 is 22.8 Å². The maximum absolute atomic E-state index is 11.7. The zero-order valence-electron chi connectivity index (χ0n) is 13.9. The van der Waals surface area contributed by atoms with E-state index >= 15 is 0 Å². The van der Waals surface area contributed by atoms with Crippen molar-refractivity contribution in [3.05, 3.63) is 48.0 Å². The van der Waals surface area contributed by atoms with E-state index in [-0.39, 0.29) is 29.6 Å². The van der Waals surface area contributed by atoms with Crippen molar-refractivity contribution in [2.24, 2.45) is 5.41 Å². The Balaban J connectivity index is 0.00000441. The fraction of sp³-hybridized carbons (Fsp3) is 0.500. The number of carbonyl (C=O) groups is 1. The highest BCUT2D eigenvalue weighted by Crippen LogP contribution is 2.15. The highest BCUT2D eigenvalue weighted by Gasteiger charge is 2.18. The molecule has 1 aromatic rings. The number of allylic oxidation sites excluding steroid dienone is 2. The van der Waals surface area contributed by atoms with E-state index in [0.717, 1.165) is 5.56 Å². The molecule has 3 N–H and O–H groups in total. The van der Waals surface area contributed by atoms with Crippen LogP contribution in [0, 0.1) is 5.41 Å². The number of aliphatic hydroxyl groups is 1. The van der Waals surface area contributed by atoms with Gasteiger partial charge in [0, 0.05) is 0 Å². The predicted molar refractivity (Wildman–Crippen MR) is 85.9 cm³/mol. The smallest absolute Gasteiger partial charge is 0.161 e. The first-order chi connectivity index (χ1) is 9.79. The Labute approximate surface area is 140 Å². The first-order valence-electron chi connectivity index (χ1n) is 7.58. The second kappa shape index (κ2) is 9.78. The van der Waals surface area contributed by atoms with Crippen LogP contribution >= 0.6 is 0 Å². The van der Waals surface area contributed by atoms with E-state index in [0.29, 0.717) is 13.0 Å². The average Bonchev–Trinajstić information content (AvgIpc) is 2.44. The molecular formula is C18H28ClNO2. The standard InChI is InChI=1S/C18H27NO2.ClH/c1-14(17(21)15-8-6-5-7-9-15)19-13-11-16(20)10-12-18(2,3)4;/h5-10,12,14,17,19,21H,11,13H2,1-4H3;1H/b12-10+;. The summed E-state index contributed by atoms with van der Waals surface area (Å²) >= 11 is 0. The lowest BCUT2D eigenvalue weighted by molar-refractivity contribution is -0.693. The molecule has 0 saturated carbocycles. The van der Waals surface area contributed by atoms with Gasteiger partial charge in [0.1, 0.15) is 12.1 Å². The molecule has 22 heavy (non-hydrogen) atoms. The monoisotopic (exact) mass is 325 g/mol. The molecule has 4 heteroatoms. The molecule has 2 atom stereocenters. The fourth-order valence-corrected chi connectivity index (χ4v) is 2.00. The number of ketones is 1. The Kier molecular flexibility index (Phi) is 9.26. The molecule has 0 aliphatic rings. The van der Waals surface area contributed by atoms with E-state index in [9.17, 15) is 9.90 Å². The van der Waals surface area contributed by atoms with Crippen molar-refractivity contribution in [3.63, 3.8) is 0 Å². The molecule has 1 aromatic carbocycles. The van der Waals surface area contributed by atoms with Gasteiger partial charge in [-0.1, -0.05) is 57.2 Å². The van der Waals surface area contributed by atoms with Gasteiger partial charge in [0.15, 0.2) is 5.78 Å². The first kappa shape index (κ1) is 20.8. The number of rotatable bonds is 7. The van der Waals surface area contributed by atoms with Crippen LogP contribution in [0.15, 0.2) is 42.5 Å². The van der Waals surface area contributed by atoms with Crippen LogP contribution in [-0.4, -0.2) is 23.5 Å². The minimum atomic E-state index is -0.508. The van der Waals surface area contributed by atoms with Gasteiger partial charge in [0.05, 0.1) is 13.0 Å². The first-order valence-corrected chi connectivity index (χ1v) is 7.58. The van der Waals surface area contributed by atoms with E-state index in [2.05, 4.69) is 20.8 Å². The van der Waals surface area contributed by atoms with Crippen molar-refractivity contribution >= 4 is 5.78 Å². The van der Waals surface area contributed by atoms with Crippen LogP contribution in [0.2, 0.25) is 0 Å². The quantitative estimate of drug-likeness (QED) is 0.647. The van der Waals surface area contributed by atoms with Crippen LogP contribution in [0.1, 0.15) is 45.8 Å². The minimum absolute atomic E-state index is 0. The number of carbonyl (C=O) groups excluding carboxylic acids is 1. The van der Waals surface area contributed by atoms with Crippen molar-refractivity contribution in [3.8, 4) is 0 Å². The van der Waals surface area contributed by atoms with E-state index < -0.39 is 6.10 Å². The van der Waals surface area contributed by atoms with Crippen molar-refractivity contribution < 1.29 is 27.6 Å². The number of aliphatic hydroxyl groups excluding tert-OH is 1. The third-order valence-electron chi connectivity index (χ3n) is 3.34. The maximum Gasteiger partial charge on any atom is 0.161 e. The maximum atomic E-state index is 11.7. The van der Waals surface area contributed by atoms with E-state index in [1.54, 1.807) is 6.08 Å². The lowest BCUT2D eigenvalue weighted by atomic mass is 9.95. The Morgan fingerprint density at radius 1 is 1.27 bits per heavy atom. The largest absolute Gasteiger partial charge is 1.00 e. The van der Waals surface area contributed by atoms with Gasteiger partial charge in [0.25, 0.3) is 0 Å². The normalized spacial score (nSPS) is 14.4. The summed E-state index contributed by atoms with van der Waals surface area (Å²) in [6.45, 7) is 8.88. The summed E-state index contributed by atoms with van der Waals surface area (Å²) in [6.07, 6.45) is 3.61. The van der Waals surface area contributed by atoms with Gasteiger partial charge in [-0.15, -0.1) is 0 Å². The summed E-state index contributed by atoms with van der Waals surface area (Å²) in [4.78, 5) is 11.7. The predicted octanol–water partition coefficient (Wildman–Crippen LogP) is -0.763. The van der Waals surface area contributed by atoms with Crippen LogP contribution in [0.4, 0.5) is 0 Å². The van der Waals surface area contributed by atoms with E-state index in [1.165, 1.54) is 0 Å². The second-order valence-electron chi connectivity index (χ2n) is 6.65. The van der Waals surface area contributed by atoms with Gasteiger partial charge in [-0.25, -0.2) is 0 Å². The molecule has 0 amide bonds. The van der Waals surface area contributed by atoms with E-state index in [4.69, 9.17) is 0 Å². The SMILES string of the molecule is CC([NH2+]CCC(=O)/C=C/C(C)(C)C)C(O)c1ccccc1.[Cl-]. The van der Waals surface area contributed by atoms with Crippen molar-refractivity contribution in [1.82, 2.24) is 0 Å². The van der Waals surface area contributed by atoms with Crippen molar-refractivity contribution in [1.29, 1.82) is 0 Å². The molecule has 0 heterocycles. The third-order valence-corrected chi connectivity index (χ3v) is 3.34. The van der Waals surface area contributed by atoms with Crippen LogP contribution in [0.5, 0.6) is 0 Å². The lowest BCUT2D eigenvalue weighted by Crippen LogP contribution is -3.00. The molecule has 0 aromatic heterocycles. The molecular weight excluding hydrogens is 298 g/mol. The average molecular weight is 326 g/mol. The number of quaternary nitrogens is 1. The molecule has 3 nitrogen and oxygen atoms in total. The molecule has 124 valence electrons. The zero-order chi connectivity index (χ0) is 15.9. The van der Waals surface area contributed by atoms with Crippen LogP contribution in [0.3, 0.4) is 0 Å². The van der Waals surface area contributed by atoms with Gasteiger partial charge >= 0.3 is 0 Å². The topological polar surface area (TPSA) is 53.9 Å². The minimum Gasteiger partial charge on any atom is -1.00 e. The Bertz CT molecular complexity index is 466. The highest BCUT2D eigenvalue weighted by molar-refractivity contribution is 5.89. The Hall–Kier alpha value is -1.16. The molecule has 0 saturated heterocycles. The zero-order valence-corrected chi connectivity index (χ0v) is 14.7. The fourth-order valence-electron chi connectivity index (χ4n) is 2.00. The van der Waals surface area contributed by atoms with Gasteiger partial charge in [-0.3, -0.25) is 4.79 Å². The van der Waals surface area contributed by atoms with Crippen molar-refractivity contribution in [2.45, 2.75) is 46.3 Å². The summed E-state index contributed by atoms with van der Waals surface area (Å²) in [7, 11) is 0. The number of hydrogen-bond donors (Lipinski definition) is 2. The number of halogens is 1. The van der Waals surface area contributed by atoms with Gasteiger partial charge in [-0.2, -0.15) is 0 Å². The van der Waals surface area contributed by atoms with Crippen LogP contribution < -0.4 is 17.7 Å². The number of benzene rings is 1. The molecule has 0 spiro atoms. The van der Waals surface area contributed by atoms with Crippen LogP contribution in [-0.2, 0) is 4.79 Å². The van der Waals surface area contributed by atoms with E-state index in [1.807, 2.05) is 48.6 Å². The summed E-state index contributed by atoms with van der Waals surface area (Å²) in [5.41, 5.74) is 0.955. The van der Waals surface area contributed by atoms with Crippen molar-refractivity contribution in [2.75, 3.05) is 6.54 Å². The third kappa shape index (κ3) is 8.32. The molecule has 0 bridgehead atoms. The lowest BCUT2D eigenvalue weighted by Gasteiger charge is -2.17. The van der Waals surface area contributed by atoms with Gasteiger partial charge in [-0.05, 0) is 24.0 Å². The highest BCUT2D eigenvalue weighted by atomic mass is 35.5. The second-order valence-corrected chi connectivity index (χ2v) is 6.65. The number of hydrogen-bond acceptors (Lipinski definition) is 2. The molecule has 0 fully saturated rings. The summed E-state index contributed by atoms with van der Waals surface area (Å²) in [6, 6.07) is 9.66. The molecule has 0 radical (unpaired) electrons. The molecule has 2 unspecified atom stereocenters.